The van der Waals surface area contributed by atoms with Gasteiger partial charge in [0.05, 0.1) is 11.8 Å². The van der Waals surface area contributed by atoms with Crippen LogP contribution in [0.5, 0.6) is 0 Å². The third-order valence-corrected chi connectivity index (χ3v) is 6.03. The van der Waals surface area contributed by atoms with Crippen LogP contribution in [0.3, 0.4) is 0 Å². The minimum Gasteiger partial charge on any atom is -0.356 e. The first-order valence-corrected chi connectivity index (χ1v) is 9.81. The molecule has 1 saturated carbocycles. The van der Waals surface area contributed by atoms with Crippen LogP contribution in [-0.4, -0.2) is 49.4 Å². The number of benzene rings is 1. The molecule has 0 radical (unpaired) electrons. The molecule has 6 nitrogen and oxygen atoms in total. The summed E-state index contributed by atoms with van der Waals surface area (Å²) in [6, 6.07) is 6.42. The van der Waals surface area contributed by atoms with Crippen LogP contribution < -0.4 is 10.6 Å². The van der Waals surface area contributed by atoms with Gasteiger partial charge in [-0.05, 0) is 42.4 Å². The number of aliphatic imine (C=N–C) groups is 1. The van der Waals surface area contributed by atoms with Gasteiger partial charge in [0.2, 0.25) is 11.8 Å². The summed E-state index contributed by atoms with van der Waals surface area (Å²) in [5.41, 5.74) is 1.03. The van der Waals surface area contributed by atoms with Gasteiger partial charge in [-0.3, -0.25) is 19.5 Å². The third kappa shape index (κ3) is 4.31. The van der Waals surface area contributed by atoms with Crippen LogP contribution in [0, 0.1) is 29.5 Å². The molecule has 0 aromatic heterocycles. The third-order valence-electron chi connectivity index (χ3n) is 6.03. The van der Waals surface area contributed by atoms with E-state index in [9.17, 15) is 14.0 Å². The number of nitrogens with zero attached hydrogens (tertiary/aromatic N) is 2. The fourth-order valence-electron chi connectivity index (χ4n) is 4.67. The predicted octanol–water partition coefficient (Wildman–Crippen LogP) is 1.96. The molecule has 4 rings (SSSR count). The van der Waals surface area contributed by atoms with Gasteiger partial charge in [-0.2, -0.15) is 0 Å². The highest BCUT2D eigenvalue weighted by Gasteiger charge is 2.58. The molecule has 2 bridgehead atoms. The van der Waals surface area contributed by atoms with Crippen molar-refractivity contribution in [3.05, 3.63) is 47.8 Å². The molecule has 156 valence electrons. The van der Waals surface area contributed by atoms with E-state index >= 15 is 0 Å². The van der Waals surface area contributed by atoms with Gasteiger partial charge in [0.15, 0.2) is 5.96 Å². The first kappa shape index (κ1) is 21.7. The van der Waals surface area contributed by atoms with Gasteiger partial charge >= 0.3 is 0 Å². The van der Waals surface area contributed by atoms with E-state index in [-0.39, 0.29) is 65.3 Å². The largest absolute Gasteiger partial charge is 0.356 e. The number of nitrogens with one attached hydrogen (secondary N) is 2. The minimum atomic E-state index is -0.242. The first-order chi connectivity index (χ1) is 13.6. The number of carbonyl (C=O) groups is 2. The Bertz CT molecular complexity index is 796. The van der Waals surface area contributed by atoms with Crippen LogP contribution >= 0.6 is 24.0 Å². The number of carbonyl (C=O) groups excluding carboxylic acids is 2. The predicted molar refractivity (Wildman–Crippen MR) is 119 cm³/mol. The number of imide groups is 1. The smallest absolute Gasteiger partial charge is 0.233 e. The molecule has 4 atom stereocenters. The SMILES string of the molecule is CN=C(NCCc1ccc(F)cc1)NCCN1C(=O)C2C3C=CC(C3)C2C1=O.I. The summed E-state index contributed by atoms with van der Waals surface area (Å²) in [6.45, 7) is 1.45. The Morgan fingerprint density at radius 2 is 1.66 bits per heavy atom. The molecule has 4 unspecified atom stereocenters. The Hall–Kier alpha value is -1.97. The van der Waals surface area contributed by atoms with Crippen LogP contribution in [0.2, 0.25) is 0 Å². The van der Waals surface area contributed by atoms with Crippen molar-refractivity contribution in [2.75, 3.05) is 26.7 Å². The number of guanidine groups is 1. The molecule has 3 aliphatic rings. The summed E-state index contributed by atoms with van der Waals surface area (Å²) in [6.07, 6.45) is 5.89. The Labute approximate surface area is 187 Å². The van der Waals surface area contributed by atoms with E-state index < -0.39 is 0 Å². The minimum absolute atomic E-state index is 0. The average Bonchev–Trinajstić information content (AvgIpc) is 3.37. The topological polar surface area (TPSA) is 73.8 Å². The Kier molecular flexibility index (Phi) is 6.92. The zero-order valence-electron chi connectivity index (χ0n) is 16.3. The lowest BCUT2D eigenvalue weighted by atomic mass is 9.85. The van der Waals surface area contributed by atoms with Crippen LogP contribution in [0.4, 0.5) is 4.39 Å². The van der Waals surface area contributed by atoms with Gasteiger partial charge in [-0.1, -0.05) is 24.3 Å². The number of likely N-dealkylation sites (tertiary alicyclic amines) is 1. The second-order valence-electron chi connectivity index (χ2n) is 7.63. The van der Waals surface area contributed by atoms with E-state index in [0.717, 1.165) is 18.4 Å². The number of allylic oxidation sites excluding steroid dienone is 2. The molecule has 29 heavy (non-hydrogen) atoms. The molecule has 2 aliphatic carbocycles. The second kappa shape index (κ2) is 9.23. The lowest BCUT2D eigenvalue weighted by Crippen LogP contribution is -2.44. The van der Waals surface area contributed by atoms with E-state index in [4.69, 9.17) is 0 Å². The Morgan fingerprint density at radius 1 is 1.07 bits per heavy atom. The highest BCUT2D eigenvalue weighted by atomic mass is 127. The van der Waals surface area contributed by atoms with E-state index in [1.807, 2.05) is 0 Å². The molecule has 0 spiro atoms. The summed E-state index contributed by atoms with van der Waals surface area (Å²) in [5.74, 6) is 0.527. The monoisotopic (exact) mass is 512 g/mol. The highest BCUT2D eigenvalue weighted by molar-refractivity contribution is 14.0. The van der Waals surface area contributed by atoms with Crippen LogP contribution in [0.1, 0.15) is 12.0 Å². The van der Waals surface area contributed by atoms with Crippen molar-refractivity contribution in [1.82, 2.24) is 15.5 Å². The summed E-state index contributed by atoms with van der Waals surface area (Å²) in [5, 5.41) is 6.34. The molecule has 1 saturated heterocycles. The van der Waals surface area contributed by atoms with Crippen LogP contribution in [0.25, 0.3) is 0 Å². The van der Waals surface area contributed by atoms with Gasteiger partial charge in [0, 0.05) is 26.7 Å². The molecule has 1 aromatic rings. The lowest BCUT2D eigenvalue weighted by Gasteiger charge is -2.18. The van der Waals surface area contributed by atoms with Gasteiger partial charge in [-0.15, -0.1) is 24.0 Å². The van der Waals surface area contributed by atoms with Gasteiger partial charge in [-0.25, -0.2) is 4.39 Å². The molecule has 2 N–H and O–H groups in total. The van der Waals surface area contributed by atoms with Gasteiger partial charge in [0.1, 0.15) is 5.82 Å². The van der Waals surface area contributed by atoms with Crippen molar-refractivity contribution < 1.29 is 14.0 Å². The maximum Gasteiger partial charge on any atom is 0.233 e. The summed E-state index contributed by atoms with van der Waals surface area (Å²) in [4.78, 5) is 30.9. The number of hydrogen-bond acceptors (Lipinski definition) is 3. The van der Waals surface area contributed by atoms with E-state index in [1.165, 1.54) is 17.0 Å². The molecule has 1 aliphatic heterocycles. The summed E-state index contributed by atoms with van der Waals surface area (Å²) >= 11 is 0. The van der Waals surface area contributed by atoms with Crippen molar-refractivity contribution in [2.24, 2.45) is 28.7 Å². The Morgan fingerprint density at radius 3 is 2.24 bits per heavy atom. The molecular formula is C21H26FIN4O2. The fourth-order valence-corrected chi connectivity index (χ4v) is 4.67. The number of fused-ring (bicyclic) bond motifs is 5. The zero-order valence-corrected chi connectivity index (χ0v) is 18.6. The molecule has 1 aromatic carbocycles. The quantitative estimate of drug-likeness (QED) is 0.201. The van der Waals surface area contributed by atoms with Crippen molar-refractivity contribution in [3.63, 3.8) is 0 Å². The Balaban J connectivity index is 0.00000240. The van der Waals surface area contributed by atoms with E-state index in [0.29, 0.717) is 25.6 Å². The molecule has 8 heteroatoms. The fraction of sp³-hybridized carbons (Fsp3) is 0.476. The number of rotatable bonds is 6. The summed E-state index contributed by atoms with van der Waals surface area (Å²) in [7, 11) is 1.67. The maximum absolute atomic E-state index is 12.9. The maximum atomic E-state index is 12.9. The second-order valence-corrected chi connectivity index (χ2v) is 7.63. The van der Waals surface area contributed by atoms with Crippen molar-refractivity contribution in [1.29, 1.82) is 0 Å². The van der Waals surface area contributed by atoms with Crippen molar-refractivity contribution in [3.8, 4) is 0 Å². The number of amides is 2. The normalized spacial score (nSPS) is 27.2. The van der Waals surface area contributed by atoms with E-state index in [1.54, 1.807) is 19.2 Å². The van der Waals surface area contributed by atoms with Crippen molar-refractivity contribution >= 4 is 41.8 Å². The average molecular weight is 512 g/mol. The molecule has 1 heterocycles. The highest BCUT2D eigenvalue weighted by Crippen LogP contribution is 2.52. The standard InChI is InChI=1S/C21H25FN4O2.HI/c1-23-21(24-9-8-13-2-6-16(22)7-3-13)25-10-11-26-19(27)17-14-4-5-15(12-14)18(17)20(26)28;/h2-7,14-15,17-18H,8-12H2,1H3,(H2,23,24,25);1H. The molecule has 2 amide bonds. The lowest BCUT2D eigenvalue weighted by molar-refractivity contribution is -0.140. The number of halogens is 2. The van der Waals surface area contributed by atoms with Gasteiger partial charge < -0.3 is 10.6 Å². The molecule has 2 fully saturated rings. The molecular weight excluding hydrogens is 486 g/mol. The zero-order chi connectivity index (χ0) is 19.7. The number of hydrogen-bond donors (Lipinski definition) is 2. The van der Waals surface area contributed by atoms with Crippen LogP contribution in [0.15, 0.2) is 41.4 Å². The van der Waals surface area contributed by atoms with Crippen LogP contribution in [-0.2, 0) is 16.0 Å². The first-order valence-electron chi connectivity index (χ1n) is 9.81. The van der Waals surface area contributed by atoms with E-state index in [2.05, 4.69) is 27.8 Å². The summed E-state index contributed by atoms with van der Waals surface area (Å²) < 4.78 is 12.9. The van der Waals surface area contributed by atoms with Gasteiger partial charge in [0.25, 0.3) is 0 Å². The van der Waals surface area contributed by atoms with Crippen molar-refractivity contribution in [2.45, 2.75) is 12.8 Å².